The molecule has 1 saturated heterocycles. The number of rotatable bonds is 5. The second kappa shape index (κ2) is 7.65. The van der Waals surface area contributed by atoms with Crippen molar-refractivity contribution in [3.63, 3.8) is 0 Å². The number of nitrogens with one attached hydrogen (secondary N) is 2. The van der Waals surface area contributed by atoms with Crippen LogP contribution < -0.4 is 10.6 Å². The fourth-order valence-corrected chi connectivity index (χ4v) is 3.11. The summed E-state index contributed by atoms with van der Waals surface area (Å²) in [5.74, 6) is 0.275. The molecule has 1 aromatic carbocycles. The average molecular weight is 346 g/mol. The molecule has 3 rings (SSSR count). The van der Waals surface area contributed by atoms with E-state index in [1.165, 1.54) is 12.1 Å². The van der Waals surface area contributed by atoms with Gasteiger partial charge in [0.05, 0.1) is 12.1 Å². The first-order chi connectivity index (χ1) is 12.0. The third kappa shape index (κ3) is 4.17. The van der Waals surface area contributed by atoms with E-state index in [9.17, 15) is 9.18 Å². The van der Waals surface area contributed by atoms with Gasteiger partial charge in [0.1, 0.15) is 17.7 Å². The quantitative estimate of drug-likeness (QED) is 0.874. The predicted molar refractivity (Wildman–Crippen MR) is 91.6 cm³/mol. The van der Waals surface area contributed by atoms with E-state index in [1.807, 2.05) is 14.0 Å². The Bertz CT molecular complexity index is 727. The molecule has 6 nitrogen and oxygen atoms in total. The lowest BCUT2D eigenvalue weighted by Crippen LogP contribution is -2.47. The van der Waals surface area contributed by atoms with Crippen LogP contribution in [0.15, 0.2) is 36.7 Å². The van der Waals surface area contributed by atoms with Crippen LogP contribution >= 0.6 is 0 Å². The van der Waals surface area contributed by atoms with Gasteiger partial charge in [-0.2, -0.15) is 0 Å². The molecule has 3 unspecified atom stereocenters. The van der Waals surface area contributed by atoms with Crippen LogP contribution in [0.4, 0.5) is 9.18 Å². The summed E-state index contributed by atoms with van der Waals surface area (Å²) >= 11 is 0. The fraction of sp³-hybridized carbons (Fsp3) is 0.444. The largest absolute Gasteiger partial charge is 0.376 e. The van der Waals surface area contributed by atoms with E-state index in [-0.39, 0.29) is 24.0 Å². The first-order valence-corrected chi connectivity index (χ1v) is 8.46. The highest BCUT2D eigenvalue weighted by Gasteiger charge is 2.26. The number of aryl methyl sites for hydroxylation is 1. The number of amides is 2. The summed E-state index contributed by atoms with van der Waals surface area (Å²) in [6.07, 6.45) is 5.42. The van der Waals surface area contributed by atoms with Crippen LogP contribution in [0.1, 0.15) is 37.2 Å². The maximum Gasteiger partial charge on any atom is 0.315 e. The maximum atomic E-state index is 13.6. The third-order valence-corrected chi connectivity index (χ3v) is 4.46. The minimum Gasteiger partial charge on any atom is -0.376 e. The Morgan fingerprint density at radius 3 is 2.92 bits per heavy atom. The van der Waals surface area contributed by atoms with Gasteiger partial charge in [0.2, 0.25) is 0 Å². The molecule has 1 aliphatic rings. The number of carbonyl (C=O) groups is 1. The van der Waals surface area contributed by atoms with Crippen LogP contribution in [0.2, 0.25) is 0 Å². The van der Waals surface area contributed by atoms with Gasteiger partial charge in [-0.25, -0.2) is 14.2 Å². The zero-order valence-corrected chi connectivity index (χ0v) is 14.4. The number of halogens is 1. The molecule has 25 heavy (non-hydrogen) atoms. The normalized spacial score (nSPS) is 19.4. The number of benzene rings is 1. The van der Waals surface area contributed by atoms with Gasteiger partial charge in [0.15, 0.2) is 0 Å². The number of urea groups is 1. The second-order valence-electron chi connectivity index (χ2n) is 6.34. The van der Waals surface area contributed by atoms with Crippen LogP contribution in [0.25, 0.3) is 0 Å². The van der Waals surface area contributed by atoms with Crippen LogP contribution in [-0.2, 0) is 11.8 Å². The number of aromatic nitrogens is 2. The molecule has 1 aliphatic heterocycles. The molecular formula is C18H23FN4O2. The maximum absolute atomic E-state index is 13.6. The van der Waals surface area contributed by atoms with E-state index in [0.29, 0.717) is 11.4 Å². The molecule has 7 heteroatoms. The topological polar surface area (TPSA) is 68.2 Å². The number of hydrogen-bond donors (Lipinski definition) is 2. The molecule has 3 atom stereocenters. The van der Waals surface area contributed by atoms with Crippen molar-refractivity contribution in [2.24, 2.45) is 7.05 Å². The van der Waals surface area contributed by atoms with Crippen molar-refractivity contribution in [1.29, 1.82) is 0 Å². The van der Waals surface area contributed by atoms with Gasteiger partial charge in [0, 0.05) is 26.0 Å². The fourth-order valence-electron chi connectivity index (χ4n) is 3.11. The molecule has 2 aromatic rings. The first-order valence-electron chi connectivity index (χ1n) is 8.46. The highest BCUT2D eigenvalue weighted by Crippen LogP contribution is 2.21. The van der Waals surface area contributed by atoms with Crippen molar-refractivity contribution in [1.82, 2.24) is 20.2 Å². The molecule has 2 N–H and O–H groups in total. The molecule has 0 bridgehead atoms. The van der Waals surface area contributed by atoms with Crippen molar-refractivity contribution in [2.75, 3.05) is 6.61 Å². The van der Waals surface area contributed by atoms with Crippen LogP contribution in [0.3, 0.4) is 0 Å². The van der Waals surface area contributed by atoms with E-state index in [0.717, 1.165) is 19.4 Å². The number of carbonyl (C=O) groups excluding carboxylic acids is 1. The summed E-state index contributed by atoms with van der Waals surface area (Å²) in [4.78, 5) is 16.8. The highest BCUT2D eigenvalue weighted by atomic mass is 19.1. The van der Waals surface area contributed by atoms with Gasteiger partial charge < -0.3 is 19.9 Å². The van der Waals surface area contributed by atoms with Crippen molar-refractivity contribution in [3.05, 3.63) is 53.9 Å². The summed E-state index contributed by atoms with van der Waals surface area (Å²) in [5, 5.41) is 5.81. The second-order valence-corrected chi connectivity index (χ2v) is 6.34. The Morgan fingerprint density at radius 1 is 1.44 bits per heavy atom. The summed E-state index contributed by atoms with van der Waals surface area (Å²) in [6.45, 7) is 2.66. The average Bonchev–Trinajstić information content (AvgIpc) is 3.24. The summed E-state index contributed by atoms with van der Waals surface area (Å²) in [7, 11) is 1.84. The Morgan fingerprint density at radius 2 is 2.28 bits per heavy atom. The van der Waals surface area contributed by atoms with Crippen molar-refractivity contribution in [2.45, 2.75) is 38.0 Å². The molecule has 134 valence electrons. The van der Waals surface area contributed by atoms with Gasteiger partial charge in [-0.15, -0.1) is 0 Å². The molecule has 2 heterocycles. The van der Waals surface area contributed by atoms with E-state index < -0.39 is 6.04 Å². The van der Waals surface area contributed by atoms with Crippen molar-refractivity contribution < 1.29 is 13.9 Å². The molecule has 1 aromatic heterocycles. The van der Waals surface area contributed by atoms with E-state index in [1.54, 1.807) is 29.1 Å². The number of ether oxygens (including phenoxy) is 1. The van der Waals surface area contributed by atoms with Gasteiger partial charge in [-0.05, 0) is 37.5 Å². The number of imidazole rings is 1. The third-order valence-electron chi connectivity index (χ3n) is 4.46. The lowest BCUT2D eigenvalue weighted by Gasteiger charge is -2.23. The predicted octanol–water partition coefficient (Wildman–Crippen LogP) is 2.52. The molecule has 0 aliphatic carbocycles. The lowest BCUT2D eigenvalue weighted by molar-refractivity contribution is 0.0859. The molecular weight excluding hydrogens is 323 g/mol. The van der Waals surface area contributed by atoms with Crippen molar-refractivity contribution >= 4 is 6.03 Å². The summed E-state index contributed by atoms with van der Waals surface area (Å²) < 4.78 is 21.1. The van der Waals surface area contributed by atoms with E-state index in [4.69, 9.17) is 4.74 Å². The zero-order chi connectivity index (χ0) is 17.8. The number of hydrogen-bond acceptors (Lipinski definition) is 3. The van der Waals surface area contributed by atoms with E-state index in [2.05, 4.69) is 15.6 Å². The Hall–Kier alpha value is -2.41. The van der Waals surface area contributed by atoms with Gasteiger partial charge >= 0.3 is 6.03 Å². The Balaban J connectivity index is 1.75. The first kappa shape index (κ1) is 17.4. The summed E-state index contributed by atoms with van der Waals surface area (Å²) in [6, 6.07) is 5.19. The van der Waals surface area contributed by atoms with Crippen molar-refractivity contribution in [3.8, 4) is 0 Å². The zero-order valence-electron chi connectivity index (χ0n) is 14.4. The van der Waals surface area contributed by atoms with Crippen LogP contribution in [0, 0.1) is 5.82 Å². The lowest BCUT2D eigenvalue weighted by atomic mass is 10.1. The highest BCUT2D eigenvalue weighted by molar-refractivity contribution is 5.75. The Labute approximate surface area is 146 Å². The molecule has 2 amide bonds. The van der Waals surface area contributed by atoms with E-state index >= 15 is 0 Å². The van der Waals surface area contributed by atoms with Gasteiger partial charge in [-0.1, -0.05) is 12.1 Å². The standard InChI is InChI=1S/C18H23FN4O2/c1-12(15-7-4-10-25-15)21-18(24)22-16(17-20-8-9-23(17)2)13-5-3-6-14(19)11-13/h3,5-6,8-9,11-12,15-16H,4,7,10H2,1-2H3,(H2,21,22,24). The smallest absolute Gasteiger partial charge is 0.315 e. The van der Waals surface area contributed by atoms with Crippen LogP contribution in [0.5, 0.6) is 0 Å². The summed E-state index contributed by atoms with van der Waals surface area (Å²) in [5.41, 5.74) is 0.634. The molecule has 0 radical (unpaired) electrons. The van der Waals surface area contributed by atoms with Gasteiger partial charge in [-0.3, -0.25) is 0 Å². The molecule has 0 spiro atoms. The Kier molecular flexibility index (Phi) is 5.33. The monoisotopic (exact) mass is 346 g/mol. The number of nitrogens with zero attached hydrogens (tertiary/aromatic N) is 2. The molecule has 1 fully saturated rings. The van der Waals surface area contributed by atoms with Crippen LogP contribution in [-0.4, -0.2) is 34.3 Å². The molecule has 0 saturated carbocycles. The minimum atomic E-state index is -0.549. The van der Waals surface area contributed by atoms with Gasteiger partial charge in [0.25, 0.3) is 0 Å². The minimum absolute atomic E-state index is 0.0338. The SMILES string of the molecule is CC(NC(=O)NC(c1cccc(F)c1)c1nccn1C)C1CCCO1.